The quantitative estimate of drug-likeness (QED) is 0.441. The molecule has 0 atom stereocenters. The highest BCUT2D eigenvalue weighted by atomic mass is 127. The maximum absolute atomic E-state index is 14.2. The lowest BCUT2D eigenvalue weighted by molar-refractivity contribution is -0.183. The van der Waals surface area contributed by atoms with Crippen LogP contribution in [0.2, 0.25) is 0 Å². The van der Waals surface area contributed by atoms with Gasteiger partial charge in [-0.15, -0.1) is 5.17 Å². The van der Waals surface area contributed by atoms with Gasteiger partial charge >= 0.3 is 5.91 Å². The zero-order valence-corrected chi connectivity index (χ0v) is 16.6. The van der Waals surface area contributed by atoms with Crippen LogP contribution in [0.4, 0.5) is 10.1 Å². The van der Waals surface area contributed by atoms with Gasteiger partial charge in [0.2, 0.25) is 0 Å². The first-order valence-electron chi connectivity index (χ1n) is 7.82. The molecule has 0 aliphatic heterocycles. The molecule has 0 aliphatic carbocycles. The van der Waals surface area contributed by atoms with Crippen LogP contribution in [0.3, 0.4) is 0 Å². The van der Waals surface area contributed by atoms with Crippen LogP contribution in [-0.4, -0.2) is 21.7 Å². The van der Waals surface area contributed by atoms with Crippen molar-refractivity contribution in [3.05, 3.63) is 57.9 Å². The average molecular weight is 469 g/mol. The molecule has 0 radical (unpaired) electrons. The number of hydrogen-bond acceptors (Lipinski definition) is 5. The molecule has 8 heteroatoms. The van der Waals surface area contributed by atoms with E-state index in [2.05, 4.69) is 10.4 Å². The van der Waals surface area contributed by atoms with Crippen molar-refractivity contribution in [2.24, 2.45) is 0 Å². The van der Waals surface area contributed by atoms with E-state index < -0.39 is 17.3 Å². The lowest BCUT2D eigenvalue weighted by atomic mass is 10.2. The molecule has 0 aliphatic rings. The van der Waals surface area contributed by atoms with Crippen molar-refractivity contribution >= 4 is 45.2 Å². The van der Waals surface area contributed by atoms with Crippen LogP contribution < -0.4 is 5.43 Å². The van der Waals surface area contributed by atoms with Crippen LogP contribution >= 0.6 is 22.6 Å². The summed E-state index contributed by atoms with van der Waals surface area (Å²) in [5.74, 6) is -1.04. The predicted octanol–water partition coefficient (Wildman–Crippen LogP) is 4.77. The second-order valence-electron chi connectivity index (χ2n) is 6.56. The number of benzene rings is 1. The van der Waals surface area contributed by atoms with Crippen LogP contribution in [0, 0.1) is 9.39 Å². The Hall–Kier alpha value is -2.20. The van der Waals surface area contributed by atoms with Gasteiger partial charge in [0.1, 0.15) is 11.4 Å². The molecular weight excluding hydrogens is 452 g/mol. The van der Waals surface area contributed by atoms with E-state index in [1.165, 1.54) is 12.1 Å². The third-order valence-corrected chi connectivity index (χ3v) is 3.90. The van der Waals surface area contributed by atoms with Gasteiger partial charge in [0.05, 0.1) is 11.3 Å². The van der Waals surface area contributed by atoms with Crippen LogP contribution in [0.25, 0.3) is 11.0 Å². The Morgan fingerprint density at radius 1 is 1.31 bits per heavy atom. The Labute approximate surface area is 163 Å². The molecule has 0 spiro atoms. The van der Waals surface area contributed by atoms with Gasteiger partial charge in [-0.3, -0.25) is 15.2 Å². The molecule has 0 unspecified atom stereocenters. The number of carbonyl (C=O) groups excluding carboxylic acids is 1. The summed E-state index contributed by atoms with van der Waals surface area (Å²) in [6, 6.07) is 7.84. The van der Waals surface area contributed by atoms with E-state index in [1.807, 2.05) is 22.6 Å². The lowest BCUT2D eigenvalue weighted by Gasteiger charge is -2.29. The summed E-state index contributed by atoms with van der Waals surface area (Å²) in [6.07, 6.45) is 3.17. The maximum atomic E-state index is 14.2. The Bertz CT molecular complexity index is 919. The van der Waals surface area contributed by atoms with Crippen molar-refractivity contribution < 1.29 is 18.4 Å². The minimum absolute atomic E-state index is 0.0515. The largest absolute Gasteiger partial charge is 0.451 e. The van der Waals surface area contributed by atoms with E-state index >= 15 is 0 Å². The zero-order valence-electron chi connectivity index (χ0n) is 14.4. The molecular formula is C18H17FIN3O3. The van der Waals surface area contributed by atoms with Crippen molar-refractivity contribution in [3.63, 3.8) is 0 Å². The number of aromatic nitrogens is 1. The lowest BCUT2D eigenvalue weighted by Crippen LogP contribution is -2.42. The zero-order chi connectivity index (χ0) is 18.9. The van der Waals surface area contributed by atoms with Crippen LogP contribution in [0.15, 0.2) is 47.1 Å². The highest BCUT2D eigenvalue weighted by Crippen LogP contribution is 2.23. The first kappa shape index (κ1) is 18.6. The Morgan fingerprint density at radius 2 is 2.08 bits per heavy atom. The molecule has 26 heavy (non-hydrogen) atoms. The number of hydroxylamine groups is 1. The summed E-state index contributed by atoms with van der Waals surface area (Å²) in [6.45, 7) is 5.34. The molecule has 136 valence electrons. The monoisotopic (exact) mass is 469 g/mol. The van der Waals surface area contributed by atoms with Gasteiger partial charge in [0.25, 0.3) is 0 Å². The average Bonchev–Trinajstić information content (AvgIpc) is 2.98. The Kier molecular flexibility index (Phi) is 5.15. The van der Waals surface area contributed by atoms with Crippen molar-refractivity contribution in [3.8, 4) is 0 Å². The summed E-state index contributed by atoms with van der Waals surface area (Å²) in [4.78, 5) is 22.5. The van der Waals surface area contributed by atoms with Crippen molar-refractivity contribution in [2.75, 3.05) is 5.43 Å². The third-order valence-electron chi connectivity index (χ3n) is 3.23. The number of halogens is 2. The van der Waals surface area contributed by atoms with Crippen LogP contribution in [0.1, 0.15) is 31.3 Å². The van der Waals surface area contributed by atoms with E-state index in [9.17, 15) is 9.18 Å². The van der Waals surface area contributed by atoms with Crippen molar-refractivity contribution in [2.45, 2.75) is 26.4 Å². The number of furan rings is 1. The normalized spacial score (nSPS) is 11.6. The molecule has 0 saturated carbocycles. The number of rotatable bonds is 4. The highest BCUT2D eigenvalue weighted by Gasteiger charge is 2.27. The fourth-order valence-corrected chi connectivity index (χ4v) is 2.62. The molecule has 2 heterocycles. The van der Waals surface area contributed by atoms with Gasteiger partial charge in [-0.25, -0.2) is 9.23 Å². The molecule has 0 fully saturated rings. The fourth-order valence-electron chi connectivity index (χ4n) is 2.17. The second kappa shape index (κ2) is 7.20. The SMILES string of the molecule is CC(C)(C)ON(Nc1ccc(I)cc1F)C(=O)c1cc2cnccc2o1. The number of hydrogen-bond donors (Lipinski definition) is 1. The summed E-state index contributed by atoms with van der Waals surface area (Å²) in [7, 11) is 0. The molecule has 3 aromatic rings. The first-order valence-corrected chi connectivity index (χ1v) is 8.90. The predicted molar refractivity (Wildman–Crippen MR) is 104 cm³/mol. The molecule has 0 bridgehead atoms. The molecule has 3 rings (SSSR count). The van der Waals surface area contributed by atoms with Crippen LogP contribution in [0.5, 0.6) is 0 Å². The van der Waals surface area contributed by atoms with Crippen molar-refractivity contribution in [1.82, 2.24) is 10.2 Å². The summed E-state index contributed by atoms with van der Waals surface area (Å²) in [5.41, 5.74) is 2.62. The van der Waals surface area contributed by atoms with E-state index in [1.54, 1.807) is 51.4 Å². The molecule has 1 amide bonds. The number of amides is 1. The Morgan fingerprint density at radius 3 is 2.73 bits per heavy atom. The molecule has 1 aromatic carbocycles. The third kappa shape index (κ3) is 4.31. The molecule has 0 saturated heterocycles. The number of nitrogens with zero attached hydrogens (tertiary/aromatic N) is 2. The fraction of sp³-hybridized carbons (Fsp3) is 0.222. The number of pyridine rings is 1. The Balaban J connectivity index is 1.93. The molecule has 2 aromatic heterocycles. The van der Waals surface area contributed by atoms with E-state index in [4.69, 9.17) is 9.25 Å². The minimum Gasteiger partial charge on any atom is -0.451 e. The molecule has 1 N–H and O–H groups in total. The number of carbonyl (C=O) groups is 1. The van der Waals surface area contributed by atoms with Gasteiger partial charge in [0, 0.05) is 21.4 Å². The number of nitrogens with one attached hydrogen (secondary N) is 1. The topological polar surface area (TPSA) is 67.6 Å². The van der Waals surface area contributed by atoms with Gasteiger partial charge in [-0.1, -0.05) is 0 Å². The standard InChI is InChI=1S/C18H17FIN3O3/c1-18(2,3)26-23(22-14-5-4-12(20)9-13(14)19)17(24)16-8-11-10-21-7-6-15(11)25-16/h4-10,22H,1-3H3. The number of anilines is 1. The van der Waals surface area contributed by atoms with Gasteiger partial charge in [0.15, 0.2) is 5.76 Å². The summed E-state index contributed by atoms with van der Waals surface area (Å²) >= 11 is 2.01. The molecule has 6 nitrogen and oxygen atoms in total. The summed E-state index contributed by atoms with van der Waals surface area (Å²) < 4.78 is 20.5. The van der Waals surface area contributed by atoms with E-state index in [0.29, 0.717) is 11.0 Å². The minimum atomic E-state index is -0.699. The second-order valence-corrected chi connectivity index (χ2v) is 7.81. The van der Waals surface area contributed by atoms with E-state index in [-0.39, 0.29) is 11.4 Å². The highest BCUT2D eigenvalue weighted by molar-refractivity contribution is 14.1. The smallest absolute Gasteiger partial charge is 0.332 e. The van der Waals surface area contributed by atoms with Gasteiger partial charge in [-0.2, -0.15) is 0 Å². The van der Waals surface area contributed by atoms with Gasteiger partial charge in [-0.05, 0) is 73.7 Å². The van der Waals surface area contributed by atoms with Crippen LogP contribution in [-0.2, 0) is 4.84 Å². The first-order chi connectivity index (χ1) is 12.2. The summed E-state index contributed by atoms with van der Waals surface area (Å²) in [5, 5.41) is 1.57. The number of fused-ring (bicyclic) bond motifs is 1. The number of hydrazine groups is 1. The van der Waals surface area contributed by atoms with Gasteiger partial charge < -0.3 is 4.42 Å². The van der Waals surface area contributed by atoms with Crippen molar-refractivity contribution in [1.29, 1.82) is 0 Å². The van der Waals surface area contributed by atoms with E-state index in [0.717, 1.165) is 8.74 Å². The maximum Gasteiger partial charge on any atom is 0.332 e.